The Morgan fingerprint density at radius 3 is 2.67 bits per heavy atom. The molecule has 0 radical (unpaired) electrons. The van der Waals surface area contributed by atoms with Gasteiger partial charge in [0, 0.05) is 12.1 Å². The molecule has 0 saturated carbocycles. The molecule has 0 bridgehead atoms. The number of nitrogens with two attached hydrogens (primary N) is 1. The highest BCUT2D eigenvalue weighted by molar-refractivity contribution is 7.93. The van der Waals surface area contributed by atoms with Gasteiger partial charge in [-0.1, -0.05) is 11.6 Å². The number of halogens is 1. The van der Waals surface area contributed by atoms with Crippen molar-refractivity contribution < 1.29 is 8.42 Å². The van der Waals surface area contributed by atoms with Gasteiger partial charge in [-0.15, -0.1) is 0 Å². The Balaban J connectivity index is 2.53. The Morgan fingerprint density at radius 1 is 1.48 bits per heavy atom. The van der Waals surface area contributed by atoms with Crippen LogP contribution in [0, 0.1) is 18.3 Å². The number of aryl methyl sites for hydroxylation is 1. The van der Waals surface area contributed by atoms with Crippen molar-refractivity contribution in [2.24, 2.45) is 7.05 Å². The number of sulfonamides is 1. The van der Waals surface area contributed by atoms with Gasteiger partial charge in [-0.05, 0) is 25.1 Å². The maximum absolute atomic E-state index is 12.4. The highest BCUT2D eigenvalue weighted by atomic mass is 35.5. The van der Waals surface area contributed by atoms with Crippen LogP contribution in [0.5, 0.6) is 0 Å². The quantitative estimate of drug-likeness (QED) is 0.890. The molecule has 0 aliphatic heterocycles. The van der Waals surface area contributed by atoms with E-state index in [2.05, 4.69) is 9.82 Å². The third-order valence-corrected chi connectivity index (χ3v) is 4.69. The van der Waals surface area contributed by atoms with Crippen LogP contribution in [0.25, 0.3) is 0 Å². The molecule has 1 aromatic heterocycles. The van der Waals surface area contributed by atoms with Crippen molar-refractivity contribution in [3.05, 3.63) is 34.5 Å². The molecule has 1 heterocycles. The number of hydrogen-bond acceptors (Lipinski definition) is 5. The normalized spacial score (nSPS) is 11.1. The molecule has 110 valence electrons. The Hall–Kier alpha value is -2.24. The van der Waals surface area contributed by atoms with Gasteiger partial charge in [-0.3, -0.25) is 9.40 Å². The zero-order chi connectivity index (χ0) is 15.8. The first-order valence-corrected chi connectivity index (χ1v) is 7.64. The maximum Gasteiger partial charge on any atom is 0.267 e. The molecule has 7 nitrogen and oxygen atoms in total. The first kappa shape index (κ1) is 15.2. The fourth-order valence-electron chi connectivity index (χ4n) is 1.84. The minimum absolute atomic E-state index is 0.0904. The maximum atomic E-state index is 12.4. The van der Waals surface area contributed by atoms with Gasteiger partial charge < -0.3 is 5.73 Å². The molecule has 21 heavy (non-hydrogen) atoms. The fraction of sp³-hybridized carbons (Fsp3) is 0.167. The van der Waals surface area contributed by atoms with Gasteiger partial charge in [-0.25, -0.2) is 8.42 Å². The second kappa shape index (κ2) is 5.27. The molecule has 3 N–H and O–H groups in total. The molecular formula is C12H12ClN5O2S. The predicted octanol–water partition coefficient (Wildman–Crippen LogP) is 1.64. The average Bonchev–Trinajstić information content (AvgIpc) is 2.63. The predicted molar refractivity (Wildman–Crippen MR) is 79.3 cm³/mol. The molecule has 0 fully saturated rings. The Morgan fingerprint density at radius 2 is 2.14 bits per heavy atom. The van der Waals surface area contributed by atoms with Crippen molar-refractivity contribution in [1.29, 1.82) is 5.26 Å². The van der Waals surface area contributed by atoms with Gasteiger partial charge in [-0.2, -0.15) is 10.4 Å². The highest BCUT2D eigenvalue weighted by Crippen LogP contribution is 2.27. The Bertz CT molecular complexity index is 851. The van der Waals surface area contributed by atoms with Crippen LogP contribution in [0.2, 0.25) is 5.02 Å². The fourth-order valence-corrected chi connectivity index (χ4v) is 3.41. The number of rotatable bonds is 3. The van der Waals surface area contributed by atoms with Gasteiger partial charge in [0.25, 0.3) is 10.0 Å². The summed E-state index contributed by atoms with van der Waals surface area (Å²) in [6, 6.07) is 6.19. The number of hydrogen-bond donors (Lipinski definition) is 2. The summed E-state index contributed by atoms with van der Waals surface area (Å²) < 4.78 is 28.6. The zero-order valence-electron chi connectivity index (χ0n) is 11.3. The summed E-state index contributed by atoms with van der Waals surface area (Å²) in [6.07, 6.45) is 0. The van der Waals surface area contributed by atoms with E-state index < -0.39 is 10.0 Å². The molecule has 0 unspecified atom stereocenters. The van der Waals surface area contributed by atoms with Crippen molar-refractivity contribution >= 4 is 33.1 Å². The van der Waals surface area contributed by atoms with Crippen molar-refractivity contribution in [1.82, 2.24) is 9.78 Å². The molecule has 9 heteroatoms. The molecule has 2 aromatic rings. The Kier molecular flexibility index (Phi) is 3.80. The van der Waals surface area contributed by atoms with E-state index in [4.69, 9.17) is 22.6 Å². The molecule has 1 aromatic carbocycles. The molecule has 0 saturated heterocycles. The Labute approximate surface area is 127 Å². The lowest BCUT2D eigenvalue weighted by atomic mass is 10.2. The van der Waals surface area contributed by atoms with Crippen molar-refractivity contribution in [2.45, 2.75) is 11.8 Å². The van der Waals surface area contributed by atoms with Crippen molar-refractivity contribution in [3.8, 4) is 6.07 Å². The summed E-state index contributed by atoms with van der Waals surface area (Å²) >= 11 is 5.83. The van der Waals surface area contributed by atoms with E-state index in [1.54, 1.807) is 14.0 Å². The van der Waals surface area contributed by atoms with Crippen molar-refractivity contribution in [2.75, 3.05) is 10.5 Å². The topological polar surface area (TPSA) is 114 Å². The highest BCUT2D eigenvalue weighted by Gasteiger charge is 2.25. The van der Waals surface area contributed by atoms with Gasteiger partial charge in [0.05, 0.1) is 16.9 Å². The lowest BCUT2D eigenvalue weighted by Gasteiger charge is -2.10. The first-order chi connectivity index (χ1) is 9.76. The summed E-state index contributed by atoms with van der Waals surface area (Å²) in [4.78, 5) is -0.117. The molecule has 0 aliphatic carbocycles. The van der Waals surface area contributed by atoms with E-state index in [0.29, 0.717) is 10.7 Å². The third kappa shape index (κ3) is 2.79. The number of anilines is 2. The number of nitrogen functional groups attached to an aromatic ring is 1. The molecular weight excluding hydrogens is 314 g/mol. The smallest absolute Gasteiger partial charge is 0.267 e. The van der Waals surface area contributed by atoms with Crippen LogP contribution in [0.1, 0.15) is 11.3 Å². The lowest BCUT2D eigenvalue weighted by Crippen LogP contribution is -2.16. The second-order valence-electron chi connectivity index (χ2n) is 4.33. The summed E-state index contributed by atoms with van der Waals surface area (Å²) in [6.45, 7) is 1.58. The first-order valence-electron chi connectivity index (χ1n) is 5.78. The third-order valence-electron chi connectivity index (χ3n) is 2.92. The monoisotopic (exact) mass is 325 g/mol. The molecule has 0 amide bonds. The van der Waals surface area contributed by atoms with E-state index in [-0.39, 0.29) is 22.0 Å². The van der Waals surface area contributed by atoms with Crippen LogP contribution in [-0.4, -0.2) is 18.2 Å². The number of nitrogens with one attached hydrogen (secondary N) is 1. The van der Waals surface area contributed by atoms with Crippen LogP contribution in [-0.2, 0) is 17.1 Å². The minimum atomic E-state index is -3.97. The number of aromatic nitrogens is 2. The van der Waals surface area contributed by atoms with E-state index in [0.717, 1.165) is 0 Å². The van der Waals surface area contributed by atoms with Crippen LogP contribution >= 0.6 is 11.6 Å². The largest absolute Gasteiger partial charge is 0.381 e. The summed E-state index contributed by atoms with van der Waals surface area (Å²) in [5.41, 5.74) is 6.28. The van der Waals surface area contributed by atoms with Crippen LogP contribution < -0.4 is 10.5 Å². The summed E-state index contributed by atoms with van der Waals surface area (Å²) in [7, 11) is -2.38. The molecule has 2 rings (SSSR count). The molecule has 0 aliphatic rings. The standard InChI is InChI=1S/C12H12ClN5O2S/c1-7-11(12(15)16-18(7)2)21(19,20)17-10-5-9(13)4-3-8(10)6-14/h3-5,17H,1-2H3,(H2,15,16). The van der Waals surface area contributed by atoms with Gasteiger partial charge in [0.1, 0.15) is 6.07 Å². The van der Waals surface area contributed by atoms with Crippen LogP contribution in [0.3, 0.4) is 0 Å². The summed E-state index contributed by atoms with van der Waals surface area (Å²) in [5, 5.41) is 13.2. The number of nitriles is 1. The lowest BCUT2D eigenvalue weighted by molar-refractivity contribution is 0.600. The van der Waals surface area contributed by atoms with E-state index in [1.807, 2.05) is 6.07 Å². The van der Waals surface area contributed by atoms with E-state index in [1.165, 1.54) is 22.9 Å². The average molecular weight is 326 g/mol. The minimum Gasteiger partial charge on any atom is -0.381 e. The van der Waals surface area contributed by atoms with Gasteiger partial charge in [0.15, 0.2) is 10.7 Å². The van der Waals surface area contributed by atoms with Crippen molar-refractivity contribution in [3.63, 3.8) is 0 Å². The van der Waals surface area contributed by atoms with Gasteiger partial charge in [0.2, 0.25) is 0 Å². The summed E-state index contributed by atoms with van der Waals surface area (Å²) in [5.74, 6) is -0.108. The molecule has 0 atom stereocenters. The van der Waals surface area contributed by atoms with Gasteiger partial charge >= 0.3 is 0 Å². The zero-order valence-corrected chi connectivity index (χ0v) is 12.8. The van der Waals surface area contributed by atoms with Crippen LogP contribution in [0.15, 0.2) is 23.1 Å². The molecule has 0 spiro atoms. The number of benzene rings is 1. The van der Waals surface area contributed by atoms with E-state index in [9.17, 15) is 8.42 Å². The van der Waals surface area contributed by atoms with E-state index >= 15 is 0 Å². The number of nitrogens with zero attached hydrogens (tertiary/aromatic N) is 3. The SMILES string of the molecule is Cc1c(S(=O)(=O)Nc2cc(Cl)ccc2C#N)c(N)nn1C. The second-order valence-corrected chi connectivity index (χ2v) is 6.39. The van der Waals surface area contributed by atoms with Crippen LogP contribution in [0.4, 0.5) is 11.5 Å².